The molecule has 2 aliphatic heterocycles. The van der Waals surface area contributed by atoms with Crippen molar-refractivity contribution in [3.8, 4) is 17.2 Å². The van der Waals surface area contributed by atoms with Crippen molar-refractivity contribution in [3.63, 3.8) is 0 Å². The maximum atomic E-state index is 12.6. The molecule has 0 radical (unpaired) electrons. The fraction of sp³-hybridized carbons (Fsp3) is 0.458. The van der Waals surface area contributed by atoms with Crippen molar-refractivity contribution in [1.29, 1.82) is 0 Å². The molecular weight excluding hydrogens is 394 g/mol. The molecule has 7 nitrogen and oxygen atoms in total. The minimum Gasteiger partial charge on any atom is -0.471 e. The van der Waals surface area contributed by atoms with Crippen molar-refractivity contribution in [2.45, 2.75) is 39.5 Å². The number of nitrogens with zero attached hydrogens (tertiary/aromatic N) is 2. The lowest BCUT2D eigenvalue weighted by Crippen LogP contribution is -2.53. The smallest absolute Gasteiger partial charge is 0.320 e. The van der Waals surface area contributed by atoms with Crippen molar-refractivity contribution in [1.82, 2.24) is 15.1 Å². The Morgan fingerprint density at radius 3 is 2.42 bits per heavy atom. The number of carbonyl (C=O) groups is 1. The van der Waals surface area contributed by atoms with Gasteiger partial charge in [0.25, 0.3) is 0 Å². The first-order valence-corrected chi connectivity index (χ1v) is 10.9. The molecule has 166 valence electrons. The highest BCUT2D eigenvalue weighted by molar-refractivity contribution is 5.74. The normalized spacial score (nSPS) is 17.0. The van der Waals surface area contributed by atoms with Crippen LogP contribution in [0.5, 0.6) is 17.2 Å². The standard InChI is InChI=1S/C24H31N3O4/c1-17(2)20-5-7-21(8-6-20)31-18(3)25-24(28)27-12-10-26(11-13-27)15-19-4-9-22-23(14-19)30-16-29-22/h4-9,14,17-18H,10-13,15-16H2,1-3H3,(H,25,28). The summed E-state index contributed by atoms with van der Waals surface area (Å²) in [6.45, 7) is 10.3. The third-order valence-electron chi connectivity index (χ3n) is 5.69. The van der Waals surface area contributed by atoms with Crippen LogP contribution < -0.4 is 19.5 Å². The molecule has 1 N–H and O–H groups in total. The Labute approximate surface area is 183 Å². The molecule has 2 aromatic rings. The van der Waals surface area contributed by atoms with Gasteiger partial charge in [0.05, 0.1) is 0 Å². The van der Waals surface area contributed by atoms with Gasteiger partial charge in [0.15, 0.2) is 17.7 Å². The number of ether oxygens (including phenoxy) is 3. The van der Waals surface area contributed by atoms with Crippen LogP contribution in [0.25, 0.3) is 0 Å². The maximum absolute atomic E-state index is 12.6. The minimum atomic E-state index is -0.399. The summed E-state index contributed by atoms with van der Waals surface area (Å²) in [4.78, 5) is 16.8. The van der Waals surface area contributed by atoms with Crippen LogP contribution in [0.15, 0.2) is 42.5 Å². The highest BCUT2D eigenvalue weighted by Crippen LogP contribution is 2.32. The Hall–Kier alpha value is -2.93. The highest BCUT2D eigenvalue weighted by Gasteiger charge is 2.23. The number of nitrogens with one attached hydrogen (secondary N) is 1. The van der Waals surface area contributed by atoms with Gasteiger partial charge in [-0.2, -0.15) is 0 Å². The molecule has 2 aromatic carbocycles. The lowest BCUT2D eigenvalue weighted by molar-refractivity contribution is 0.118. The van der Waals surface area contributed by atoms with E-state index in [-0.39, 0.29) is 12.8 Å². The first-order chi connectivity index (χ1) is 15.0. The van der Waals surface area contributed by atoms with E-state index in [0.29, 0.717) is 19.0 Å². The number of fused-ring (bicyclic) bond motifs is 1. The van der Waals surface area contributed by atoms with Gasteiger partial charge in [-0.25, -0.2) is 4.79 Å². The van der Waals surface area contributed by atoms with Gasteiger partial charge < -0.3 is 24.4 Å². The van der Waals surface area contributed by atoms with E-state index in [1.54, 1.807) is 0 Å². The van der Waals surface area contributed by atoms with Crippen LogP contribution in [0.2, 0.25) is 0 Å². The van der Waals surface area contributed by atoms with E-state index in [2.05, 4.69) is 42.3 Å². The first kappa shape index (κ1) is 21.3. The molecule has 1 saturated heterocycles. The summed E-state index contributed by atoms with van der Waals surface area (Å²) in [5, 5.41) is 2.94. The maximum Gasteiger partial charge on any atom is 0.320 e. The number of urea groups is 1. The van der Waals surface area contributed by atoms with Crippen LogP contribution in [0.1, 0.15) is 37.8 Å². The summed E-state index contributed by atoms with van der Waals surface area (Å²) in [5.41, 5.74) is 2.45. The Kier molecular flexibility index (Phi) is 6.51. The number of piperazine rings is 1. The summed E-state index contributed by atoms with van der Waals surface area (Å²) in [5.74, 6) is 2.85. The van der Waals surface area contributed by atoms with Crippen molar-refractivity contribution < 1.29 is 19.0 Å². The second-order valence-electron chi connectivity index (χ2n) is 8.38. The van der Waals surface area contributed by atoms with E-state index in [4.69, 9.17) is 14.2 Å². The predicted octanol–water partition coefficient (Wildman–Crippen LogP) is 3.79. The molecule has 1 fully saturated rings. The Morgan fingerprint density at radius 1 is 1.00 bits per heavy atom. The number of amides is 2. The van der Waals surface area contributed by atoms with Crippen molar-refractivity contribution >= 4 is 6.03 Å². The second-order valence-corrected chi connectivity index (χ2v) is 8.38. The summed E-state index contributed by atoms with van der Waals surface area (Å²) in [6, 6.07) is 14.0. The van der Waals surface area contributed by atoms with E-state index >= 15 is 0 Å². The summed E-state index contributed by atoms with van der Waals surface area (Å²) in [6.07, 6.45) is -0.399. The lowest BCUT2D eigenvalue weighted by atomic mass is 10.0. The summed E-state index contributed by atoms with van der Waals surface area (Å²) in [7, 11) is 0. The largest absolute Gasteiger partial charge is 0.471 e. The highest BCUT2D eigenvalue weighted by atomic mass is 16.7. The monoisotopic (exact) mass is 425 g/mol. The van der Waals surface area contributed by atoms with Crippen LogP contribution in [0.4, 0.5) is 4.79 Å². The zero-order chi connectivity index (χ0) is 21.8. The van der Waals surface area contributed by atoms with Crippen LogP contribution in [-0.2, 0) is 6.54 Å². The number of carbonyl (C=O) groups excluding carboxylic acids is 1. The fourth-order valence-corrected chi connectivity index (χ4v) is 3.84. The van der Waals surface area contributed by atoms with Crippen molar-refractivity contribution in [2.24, 2.45) is 0 Å². The van der Waals surface area contributed by atoms with Crippen LogP contribution in [0.3, 0.4) is 0 Å². The Morgan fingerprint density at radius 2 is 1.71 bits per heavy atom. The molecule has 1 unspecified atom stereocenters. The van der Waals surface area contributed by atoms with Gasteiger partial charge in [0.2, 0.25) is 6.79 Å². The number of hydrogen-bond acceptors (Lipinski definition) is 5. The molecule has 1 atom stereocenters. The van der Waals surface area contributed by atoms with Gasteiger partial charge in [0.1, 0.15) is 5.75 Å². The molecule has 7 heteroatoms. The van der Waals surface area contributed by atoms with Crippen molar-refractivity contribution in [3.05, 3.63) is 53.6 Å². The average molecular weight is 426 g/mol. The topological polar surface area (TPSA) is 63.3 Å². The van der Waals surface area contributed by atoms with E-state index < -0.39 is 6.23 Å². The molecule has 0 aliphatic carbocycles. The van der Waals surface area contributed by atoms with E-state index in [1.165, 1.54) is 11.1 Å². The molecule has 2 amide bonds. The van der Waals surface area contributed by atoms with Gasteiger partial charge in [-0.1, -0.05) is 32.0 Å². The second kappa shape index (κ2) is 9.47. The SMILES string of the molecule is CC(NC(=O)N1CCN(Cc2ccc3c(c2)OCO3)CC1)Oc1ccc(C(C)C)cc1. The molecule has 0 saturated carbocycles. The van der Waals surface area contributed by atoms with Gasteiger partial charge in [-0.05, 0) is 48.2 Å². The van der Waals surface area contributed by atoms with E-state index in [9.17, 15) is 4.79 Å². The Bertz CT molecular complexity index is 892. The number of benzene rings is 2. The molecule has 2 heterocycles. The van der Waals surface area contributed by atoms with E-state index in [1.807, 2.05) is 36.1 Å². The predicted molar refractivity (Wildman–Crippen MR) is 119 cm³/mol. The fourth-order valence-electron chi connectivity index (χ4n) is 3.84. The third kappa shape index (κ3) is 5.41. The average Bonchev–Trinajstić information content (AvgIpc) is 3.22. The molecular formula is C24H31N3O4. The molecule has 0 bridgehead atoms. The number of rotatable bonds is 6. The van der Waals surface area contributed by atoms with Crippen molar-refractivity contribution in [2.75, 3.05) is 33.0 Å². The lowest BCUT2D eigenvalue weighted by Gasteiger charge is -2.35. The van der Waals surface area contributed by atoms with Gasteiger partial charge in [-0.3, -0.25) is 4.90 Å². The zero-order valence-electron chi connectivity index (χ0n) is 18.5. The number of hydrogen-bond donors (Lipinski definition) is 1. The molecule has 0 spiro atoms. The molecule has 4 rings (SSSR count). The zero-order valence-corrected chi connectivity index (χ0v) is 18.5. The van der Waals surface area contributed by atoms with Crippen LogP contribution in [-0.4, -0.2) is 55.0 Å². The van der Waals surface area contributed by atoms with E-state index in [0.717, 1.165) is 36.9 Å². The third-order valence-corrected chi connectivity index (χ3v) is 5.69. The molecule has 31 heavy (non-hydrogen) atoms. The summed E-state index contributed by atoms with van der Waals surface area (Å²) >= 11 is 0. The van der Waals surface area contributed by atoms with Crippen LogP contribution >= 0.6 is 0 Å². The van der Waals surface area contributed by atoms with Gasteiger partial charge in [0, 0.05) is 32.7 Å². The van der Waals surface area contributed by atoms with Crippen LogP contribution in [0, 0.1) is 0 Å². The Balaban J connectivity index is 1.21. The summed E-state index contributed by atoms with van der Waals surface area (Å²) < 4.78 is 16.7. The first-order valence-electron chi connectivity index (χ1n) is 10.9. The molecule has 2 aliphatic rings. The quantitative estimate of drug-likeness (QED) is 0.714. The van der Waals surface area contributed by atoms with Gasteiger partial charge in [-0.15, -0.1) is 0 Å². The minimum absolute atomic E-state index is 0.0889. The molecule has 0 aromatic heterocycles. The van der Waals surface area contributed by atoms with Gasteiger partial charge >= 0.3 is 6.03 Å².